The Morgan fingerprint density at radius 3 is 2.72 bits per heavy atom. The summed E-state index contributed by atoms with van der Waals surface area (Å²) in [7, 11) is 1.57. The topological polar surface area (TPSA) is 75.6 Å². The number of aliphatic hydroxyl groups is 1. The van der Waals surface area contributed by atoms with Gasteiger partial charge in [0.25, 0.3) is 0 Å². The number of hydrogen-bond donors (Lipinski definition) is 1. The molecule has 2 aromatic rings. The molecule has 1 aromatic heterocycles. The minimum atomic E-state index is -0.632. The Bertz CT molecular complexity index is 804. The highest BCUT2D eigenvalue weighted by Crippen LogP contribution is 2.44. The molecular weight excluding hydrogens is 318 g/mol. The van der Waals surface area contributed by atoms with E-state index in [2.05, 4.69) is 9.97 Å². The highest BCUT2D eigenvalue weighted by atomic mass is 16.5. The summed E-state index contributed by atoms with van der Waals surface area (Å²) in [5, 5.41) is 10.4. The third kappa shape index (κ3) is 3.06. The molecule has 1 N–H and O–H groups in total. The van der Waals surface area contributed by atoms with Gasteiger partial charge in [-0.3, -0.25) is 4.79 Å². The molecule has 1 amide bonds. The lowest BCUT2D eigenvalue weighted by atomic mass is 10.1. The number of benzene rings is 1. The van der Waals surface area contributed by atoms with E-state index in [4.69, 9.17) is 4.74 Å². The SMILES string of the molecule is COc1nc2ccccc2nc1CCC(=O)N1CCCC1C1(O)CC1. The van der Waals surface area contributed by atoms with Crippen LogP contribution in [0.1, 0.15) is 37.8 Å². The molecular formula is C19H23N3O3. The van der Waals surface area contributed by atoms with Crippen molar-refractivity contribution in [1.29, 1.82) is 0 Å². The monoisotopic (exact) mass is 341 g/mol. The maximum absolute atomic E-state index is 12.7. The molecule has 6 nitrogen and oxygen atoms in total. The molecule has 1 unspecified atom stereocenters. The predicted octanol–water partition coefficient (Wildman–Crippen LogP) is 2.09. The molecule has 25 heavy (non-hydrogen) atoms. The highest BCUT2D eigenvalue weighted by Gasteiger charge is 2.52. The fraction of sp³-hybridized carbons (Fsp3) is 0.526. The minimum absolute atomic E-state index is 0.00965. The van der Waals surface area contributed by atoms with Gasteiger partial charge in [0, 0.05) is 19.4 Å². The van der Waals surface area contributed by atoms with Crippen LogP contribution in [0.15, 0.2) is 24.3 Å². The molecule has 2 fully saturated rings. The van der Waals surface area contributed by atoms with Crippen molar-refractivity contribution in [3.8, 4) is 5.88 Å². The van der Waals surface area contributed by atoms with Crippen molar-refractivity contribution < 1.29 is 14.6 Å². The van der Waals surface area contributed by atoms with Gasteiger partial charge in [0.15, 0.2) is 0 Å². The van der Waals surface area contributed by atoms with E-state index in [0.717, 1.165) is 43.3 Å². The van der Waals surface area contributed by atoms with Crippen molar-refractivity contribution in [2.45, 2.75) is 50.2 Å². The van der Waals surface area contributed by atoms with Crippen LogP contribution in [0.25, 0.3) is 11.0 Å². The van der Waals surface area contributed by atoms with Crippen LogP contribution in [0, 0.1) is 0 Å². The van der Waals surface area contributed by atoms with Crippen LogP contribution in [0.2, 0.25) is 0 Å². The number of hydrogen-bond acceptors (Lipinski definition) is 5. The normalized spacial score (nSPS) is 21.5. The Morgan fingerprint density at radius 1 is 1.32 bits per heavy atom. The van der Waals surface area contributed by atoms with Crippen molar-refractivity contribution in [3.63, 3.8) is 0 Å². The number of fused-ring (bicyclic) bond motifs is 1. The van der Waals surface area contributed by atoms with Gasteiger partial charge in [-0.2, -0.15) is 0 Å². The lowest BCUT2D eigenvalue weighted by Gasteiger charge is -2.28. The van der Waals surface area contributed by atoms with Crippen LogP contribution < -0.4 is 4.74 Å². The molecule has 4 rings (SSSR count). The number of aromatic nitrogens is 2. The number of amides is 1. The third-order valence-electron chi connectivity index (χ3n) is 5.33. The van der Waals surface area contributed by atoms with E-state index in [1.807, 2.05) is 29.2 Å². The molecule has 132 valence electrons. The second kappa shape index (κ2) is 6.26. The number of ether oxygens (including phenoxy) is 1. The van der Waals surface area contributed by atoms with Gasteiger partial charge >= 0.3 is 0 Å². The fourth-order valence-electron chi connectivity index (χ4n) is 3.80. The van der Waals surface area contributed by atoms with Crippen LogP contribution in [-0.2, 0) is 11.2 Å². The first kappa shape index (κ1) is 16.3. The van der Waals surface area contributed by atoms with E-state index >= 15 is 0 Å². The van der Waals surface area contributed by atoms with Gasteiger partial charge in [0.2, 0.25) is 11.8 Å². The van der Waals surface area contributed by atoms with Crippen LogP contribution in [0.3, 0.4) is 0 Å². The van der Waals surface area contributed by atoms with Gasteiger partial charge in [-0.25, -0.2) is 9.97 Å². The zero-order chi connectivity index (χ0) is 17.4. The molecule has 1 saturated heterocycles. The van der Waals surface area contributed by atoms with Crippen molar-refractivity contribution in [3.05, 3.63) is 30.0 Å². The summed E-state index contributed by atoms with van der Waals surface area (Å²) in [6.07, 6.45) is 4.34. The van der Waals surface area contributed by atoms with E-state index in [0.29, 0.717) is 24.4 Å². The fourth-order valence-corrected chi connectivity index (χ4v) is 3.80. The average molecular weight is 341 g/mol. The first-order valence-electron chi connectivity index (χ1n) is 8.92. The standard InChI is InChI=1S/C19H23N3O3/c1-25-18-15(20-13-5-2-3-6-14(13)21-18)8-9-17(23)22-12-4-7-16(22)19(24)10-11-19/h2-3,5-6,16,24H,4,7-12H2,1H3. The number of para-hydroxylation sites is 2. The molecule has 1 atom stereocenters. The smallest absolute Gasteiger partial charge is 0.235 e. The van der Waals surface area contributed by atoms with E-state index in [1.54, 1.807) is 7.11 Å². The summed E-state index contributed by atoms with van der Waals surface area (Å²) in [4.78, 5) is 23.7. The summed E-state index contributed by atoms with van der Waals surface area (Å²) < 4.78 is 5.36. The minimum Gasteiger partial charge on any atom is -0.480 e. The molecule has 1 aliphatic carbocycles. The molecule has 0 radical (unpaired) electrons. The van der Waals surface area contributed by atoms with E-state index < -0.39 is 5.60 Å². The molecule has 1 saturated carbocycles. The summed E-state index contributed by atoms with van der Waals surface area (Å²) in [5.41, 5.74) is 1.66. The molecule has 0 bridgehead atoms. The number of nitrogens with zero attached hydrogens (tertiary/aromatic N) is 3. The van der Waals surface area contributed by atoms with Gasteiger partial charge in [-0.15, -0.1) is 0 Å². The van der Waals surface area contributed by atoms with Crippen molar-refractivity contribution in [2.24, 2.45) is 0 Å². The van der Waals surface area contributed by atoms with E-state index in [9.17, 15) is 9.90 Å². The summed E-state index contributed by atoms with van der Waals surface area (Å²) >= 11 is 0. The van der Waals surface area contributed by atoms with Gasteiger partial charge in [-0.1, -0.05) is 12.1 Å². The van der Waals surface area contributed by atoms with E-state index in [-0.39, 0.29) is 11.9 Å². The van der Waals surface area contributed by atoms with Crippen molar-refractivity contribution >= 4 is 16.9 Å². The number of carbonyl (C=O) groups is 1. The van der Waals surface area contributed by atoms with Crippen LogP contribution in [0.4, 0.5) is 0 Å². The summed E-state index contributed by atoms with van der Waals surface area (Å²) in [6, 6.07) is 7.63. The van der Waals surface area contributed by atoms with Gasteiger partial charge in [-0.05, 0) is 37.8 Å². The zero-order valence-corrected chi connectivity index (χ0v) is 14.4. The summed E-state index contributed by atoms with van der Waals surface area (Å²) in [6.45, 7) is 0.742. The zero-order valence-electron chi connectivity index (χ0n) is 14.4. The number of likely N-dealkylation sites (tertiary alicyclic amines) is 1. The Hall–Kier alpha value is -2.21. The van der Waals surface area contributed by atoms with Crippen molar-refractivity contribution in [1.82, 2.24) is 14.9 Å². The molecule has 6 heteroatoms. The second-order valence-corrected chi connectivity index (χ2v) is 7.02. The quantitative estimate of drug-likeness (QED) is 0.901. The number of rotatable bonds is 5. The van der Waals surface area contributed by atoms with Gasteiger partial charge in [0.1, 0.15) is 5.69 Å². The molecule has 1 aliphatic heterocycles. The Kier molecular flexibility index (Phi) is 4.07. The number of carbonyl (C=O) groups excluding carboxylic acids is 1. The van der Waals surface area contributed by atoms with Crippen LogP contribution in [-0.4, -0.2) is 51.2 Å². The first-order chi connectivity index (χ1) is 12.1. The van der Waals surface area contributed by atoms with Crippen LogP contribution in [0.5, 0.6) is 5.88 Å². The lowest BCUT2D eigenvalue weighted by Crippen LogP contribution is -2.44. The van der Waals surface area contributed by atoms with Crippen LogP contribution >= 0.6 is 0 Å². The largest absolute Gasteiger partial charge is 0.480 e. The van der Waals surface area contributed by atoms with Gasteiger partial charge < -0.3 is 14.7 Å². The Labute approximate surface area is 146 Å². The molecule has 2 aliphatic rings. The maximum Gasteiger partial charge on any atom is 0.235 e. The molecule has 1 aromatic carbocycles. The van der Waals surface area contributed by atoms with Crippen molar-refractivity contribution in [2.75, 3.05) is 13.7 Å². The molecule has 0 spiro atoms. The Balaban J connectivity index is 1.49. The predicted molar refractivity (Wildman–Crippen MR) is 93.3 cm³/mol. The third-order valence-corrected chi connectivity index (χ3v) is 5.33. The number of aryl methyl sites for hydroxylation is 1. The second-order valence-electron chi connectivity index (χ2n) is 7.02. The Morgan fingerprint density at radius 2 is 2.04 bits per heavy atom. The number of methoxy groups -OCH3 is 1. The van der Waals surface area contributed by atoms with E-state index in [1.165, 1.54) is 0 Å². The highest BCUT2D eigenvalue weighted by molar-refractivity contribution is 5.78. The average Bonchev–Trinajstić information content (AvgIpc) is 3.18. The first-order valence-corrected chi connectivity index (χ1v) is 8.92. The van der Waals surface area contributed by atoms with Gasteiger partial charge in [0.05, 0.1) is 29.8 Å². The maximum atomic E-state index is 12.7. The molecule has 2 heterocycles. The lowest BCUT2D eigenvalue weighted by molar-refractivity contribution is -0.134. The summed E-state index contributed by atoms with van der Waals surface area (Å²) in [5.74, 6) is 0.560.